The molecule has 0 aliphatic carbocycles. The highest BCUT2D eigenvalue weighted by atomic mass is 79.9. The molecule has 2 N–H and O–H groups in total. The second-order valence-corrected chi connectivity index (χ2v) is 7.83. The Balaban J connectivity index is 2.44. The molecule has 0 saturated heterocycles. The van der Waals surface area contributed by atoms with Crippen LogP contribution in [0.1, 0.15) is 30.6 Å². The van der Waals surface area contributed by atoms with Crippen LogP contribution in [0.25, 0.3) is 0 Å². The van der Waals surface area contributed by atoms with E-state index in [1.54, 1.807) is 24.6 Å². The van der Waals surface area contributed by atoms with E-state index in [0.29, 0.717) is 0 Å². The molecule has 7 heteroatoms. The Morgan fingerprint density at radius 1 is 1.53 bits per heavy atom. The average Bonchev–Trinajstić information content (AvgIpc) is 2.92. The number of halogens is 2. The standard InChI is InChI=1S/C12H15Br2N3OS/c1-3-4-17-11(8(18-2)6-16-17)10(15)7-5-9(13)19-12(7)14/h5-6,10H,3-4,15H2,1-2H3. The molecule has 4 nitrogen and oxygen atoms in total. The summed E-state index contributed by atoms with van der Waals surface area (Å²) >= 11 is 8.64. The Morgan fingerprint density at radius 3 is 2.79 bits per heavy atom. The van der Waals surface area contributed by atoms with E-state index in [4.69, 9.17) is 10.5 Å². The van der Waals surface area contributed by atoms with Crippen LogP contribution in [-0.2, 0) is 6.54 Å². The molecule has 2 heterocycles. The minimum Gasteiger partial charge on any atom is -0.493 e. The zero-order chi connectivity index (χ0) is 14.0. The second kappa shape index (κ2) is 6.39. The minimum atomic E-state index is -0.263. The van der Waals surface area contributed by atoms with E-state index in [0.717, 1.165) is 37.5 Å². The van der Waals surface area contributed by atoms with Crippen LogP contribution in [0.3, 0.4) is 0 Å². The lowest BCUT2D eigenvalue weighted by Crippen LogP contribution is -2.18. The molecule has 0 spiro atoms. The molecule has 0 amide bonds. The van der Waals surface area contributed by atoms with Crippen molar-refractivity contribution in [1.82, 2.24) is 9.78 Å². The monoisotopic (exact) mass is 407 g/mol. The van der Waals surface area contributed by atoms with Gasteiger partial charge in [0.2, 0.25) is 0 Å². The summed E-state index contributed by atoms with van der Waals surface area (Å²) in [5, 5.41) is 4.35. The Labute approximate surface area is 133 Å². The van der Waals surface area contributed by atoms with Crippen molar-refractivity contribution in [1.29, 1.82) is 0 Å². The first kappa shape index (κ1) is 15.0. The number of methoxy groups -OCH3 is 1. The first-order valence-corrected chi connectivity index (χ1v) is 8.28. The Morgan fingerprint density at radius 2 is 2.26 bits per heavy atom. The van der Waals surface area contributed by atoms with Crippen LogP contribution >= 0.6 is 43.2 Å². The number of thiophene rings is 1. The topological polar surface area (TPSA) is 53.1 Å². The summed E-state index contributed by atoms with van der Waals surface area (Å²) < 4.78 is 9.37. The number of aryl methyl sites for hydroxylation is 1. The zero-order valence-electron chi connectivity index (χ0n) is 10.7. The zero-order valence-corrected chi connectivity index (χ0v) is 14.7. The third-order valence-corrected chi connectivity index (χ3v) is 5.20. The van der Waals surface area contributed by atoms with Gasteiger partial charge in [0.1, 0.15) is 5.69 Å². The van der Waals surface area contributed by atoms with Crippen molar-refractivity contribution in [2.45, 2.75) is 25.9 Å². The quantitative estimate of drug-likeness (QED) is 0.815. The maximum atomic E-state index is 6.40. The van der Waals surface area contributed by atoms with Crippen molar-refractivity contribution in [3.63, 3.8) is 0 Å². The molecule has 2 aromatic rings. The van der Waals surface area contributed by atoms with Crippen molar-refractivity contribution in [2.75, 3.05) is 7.11 Å². The molecule has 0 aliphatic rings. The molecule has 0 fully saturated rings. The van der Waals surface area contributed by atoms with Gasteiger partial charge in [0, 0.05) is 12.1 Å². The molecular weight excluding hydrogens is 394 g/mol. The molecule has 19 heavy (non-hydrogen) atoms. The molecule has 2 rings (SSSR count). The summed E-state index contributed by atoms with van der Waals surface area (Å²) in [4.78, 5) is 0. The van der Waals surface area contributed by atoms with E-state index in [-0.39, 0.29) is 6.04 Å². The number of hydrogen-bond acceptors (Lipinski definition) is 4. The fraction of sp³-hybridized carbons (Fsp3) is 0.417. The Bertz CT molecular complexity index is 567. The summed E-state index contributed by atoms with van der Waals surface area (Å²) in [6.07, 6.45) is 2.72. The average molecular weight is 409 g/mol. The van der Waals surface area contributed by atoms with Crippen molar-refractivity contribution in [3.05, 3.63) is 31.1 Å². The lowest BCUT2D eigenvalue weighted by molar-refractivity contribution is 0.404. The van der Waals surface area contributed by atoms with Crippen LogP contribution in [0.15, 0.2) is 19.8 Å². The fourth-order valence-electron chi connectivity index (χ4n) is 1.95. The molecular formula is C12H15Br2N3OS. The van der Waals surface area contributed by atoms with E-state index in [9.17, 15) is 0 Å². The molecule has 0 aliphatic heterocycles. The second-order valence-electron chi connectivity index (χ2n) is 4.08. The maximum Gasteiger partial charge on any atom is 0.161 e. The molecule has 104 valence electrons. The summed E-state index contributed by atoms with van der Waals surface area (Å²) in [5.74, 6) is 0.732. The smallest absolute Gasteiger partial charge is 0.161 e. The molecule has 1 atom stereocenters. The van der Waals surface area contributed by atoms with E-state index < -0.39 is 0 Å². The normalized spacial score (nSPS) is 12.7. The number of aromatic nitrogens is 2. The van der Waals surface area contributed by atoms with Gasteiger partial charge in [0.05, 0.1) is 26.9 Å². The number of rotatable bonds is 5. The predicted octanol–water partition coefficient (Wildman–Crippen LogP) is 3.94. The van der Waals surface area contributed by atoms with Crippen LogP contribution in [0.4, 0.5) is 0 Å². The van der Waals surface area contributed by atoms with Crippen molar-refractivity contribution in [2.24, 2.45) is 5.73 Å². The van der Waals surface area contributed by atoms with Crippen molar-refractivity contribution < 1.29 is 4.74 Å². The first-order chi connectivity index (χ1) is 9.08. The Hall–Kier alpha value is -0.370. The van der Waals surface area contributed by atoms with E-state index in [1.807, 2.05) is 10.7 Å². The van der Waals surface area contributed by atoms with Gasteiger partial charge >= 0.3 is 0 Å². The van der Waals surface area contributed by atoms with Gasteiger partial charge in [-0.2, -0.15) is 5.10 Å². The summed E-state index contributed by atoms with van der Waals surface area (Å²) in [6, 6.07) is 1.77. The highest BCUT2D eigenvalue weighted by molar-refractivity contribution is 9.12. The van der Waals surface area contributed by atoms with Gasteiger partial charge in [-0.15, -0.1) is 11.3 Å². The van der Waals surface area contributed by atoms with E-state index in [1.165, 1.54) is 0 Å². The first-order valence-electron chi connectivity index (χ1n) is 5.88. The maximum absolute atomic E-state index is 6.40. The van der Waals surface area contributed by atoms with Gasteiger partial charge in [-0.05, 0) is 44.3 Å². The number of ether oxygens (including phenoxy) is 1. The van der Waals surface area contributed by atoms with Gasteiger partial charge in [-0.1, -0.05) is 6.92 Å². The van der Waals surface area contributed by atoms with Gasteiger partial charge in [-0.25, -0.2) is 0 Å². The number of hydrogen-bond donors (Lipinski definition) is 1. The lowest BCUT2D eigenvalue weighted by Gasteiger charge is -2.15. The SMILES string of the molecule is CCCn1ncc(OC)c1C(N)c1cc(Br)sc1Br. The van der Waals surface area contributed by atoms with Crippen LogP contribution in [0.2, 0.25) is 0 Å². The third kappa shape index (κ3) is 3.04. The molecule has 0 radical (unpaired) electrons. The van der Waals surface area contributed by atoms with E-state index in [2.05, 4.69) is 43.9 Å². The van der Waals surface area contributed by atoms with Crippen LogP contribution in [0, 0.1) is 0 Å². The minimum absolute atomic E-state index is 0.263. The predicted molar refractivity (Wildman–Crippen MR) is 84.8 cm³/mol. The molecule has 0 aromatic carbocycles. The van der Waals surface area contributed by atoms with Gasteiger partial charge in [-0.3, -0.25) is 4.68 Å². The Kier molecular flexibility index (Phi) is 5.05. The molecule has 0 saturated carbocycles. The number of nitrogens with two attached hydrogens (primary N) is 1. The van der Waals surface area contributed by atoms with Gasteiger partial charge < -0.3 is 10.5 Å². The van der Waals surface area contributed by atoms with Crippen molar-refractivity contribution in [3.8, 4) is 5.75 Å². The van der Waals surface area contributed by atoms with Crippen LogP contribution in [-0.4, -0.2) is 16.9 Å². The van der Waals surface area contributed by atoms with Crippen molar-refractivity contribution >= 4 is 43.2 Å². The van der Waals surface area contributed by atoms with Gasteiger partial charge in [0.15, 0.2) is 5.75 Å². The van der Waals surface area contributed by atoms with Gasteiger partial charge in [0.25, 0.3) is 0 Å². The summed E-state index contributed by atoms with van der Waals surface area (Å²) in [7, 11) is 1.64. The summed E-state index contributed by atoms with van der Waals surface area (Å²) in [6.45, 7) is 2.94. The van der Waals surface area contributed by atoms with E-state index >= 15 is 0 Å². The largest absolute Gasteiger partial charge is 0.493 e. The highest BCUT2D eigenvalue weighted by Gasteiger charge is 2.23. The molecule has 2 aromatic heterocycles. The highest BCUT2D eigenvalue weighted by Crippen LogP contribution is 2.38. The van der Waals surface area contributed by atoms with Crippen LogP contribution < -0.4 is 10.5 Å². The molecule has 1 unspecified atom stereocenters. The fourth-order valence-corrected chi connectivity index (χ4v) is 4.88. The lowest BCUT2D eigenvalue weighted by atomic mass is 10.1. The van der Waals surface area contributed by atoms with Crippen LogP contribution in [0.5, 0.6) is 5.75 Å². The third-order valence-electron chi connectivity index (χ3n) is 2.81. The molecule has 0 bridgehead atoms. The summed E-state index contributed by atoms with van der Waals surface area (Å²) in [5.41, 5.74) is 8.34. The number of nitrogens with zero attached hydrogens (tertiary/aromatic N) is 2.